The molecule has 4 amide bonds. The smallest absolute Gasteiger partial charge is 0.321 e. The van der Waals surface area contributed by atoms with Crippen molar-refractivity contribution in [3.05, 3.63) is 35.4 Å². The first-order valence-electron chi connectivity index (χ1n) is 7.53. The van der Waals surface area contributed by atoms with Crippen LogP contribution in [0, 0.1) is 0 Å². The van der Waals surface area contributed by atoms with E-state index in [-0.39, 0.29) is 18.4 Å². The maximum absolute atomic E-state index is 11.7. The molecule has 0 aliphatic heterocycles. The van der Waals surface area contributed by atoms with Crippen molar-refractivity contribution in [2.75, 3.05) is 27.2 Å². The fraction of sp³-hybridized carbons (Fsp3) is 0.438. The van der Waals surface area contributed by atoms with Gasteiger partial charge in [0.05, 0.1) is 6.54 Å². The van der Waals surface area contributed by atoms with E-state index in [1.807, 2.05) is 19.1 Å². The van der Waals surface area contributed by atoms with Crippen molar-refractivity contribution in [2.45, 2.75) is 19.9 Å². The third-order valence-electron chi connectivity index (χ3n) is 3.10. The van der Waals surface area contributed by atoms with Crippen LogP contribution in [0.15, 0.2) is 24.3 Å². The van der Waals surface area contributed by atoms with Crippen LogP contribution in [0.4, 0.5) is 4.79 Å². The Morgan fingerprint density at radius 2 is 1.78 bits per heavy atom. The lowest BCUT2D eigenvalue weighted by molar-refractivity contribution is -0.120. The first-order chi connectivity index (χ1) is 11.0. The molecule has 0 saturated heterocycles. The summed E-state index contributed by atoms with van der Waals surface area (Å²) in [6.07, 6.45) is 0.813. The third kappa shape index (κ3) is 6.92. The Balaban J connectivity index is 2.43. The standard InChI is InChI=1S/C16H24N4O3/c1-4-9-18-16(23)19-14(21)11-20(3)10-12-5-7-13(8-6-12)15(22)17-2/h5-8H,4,9-11H2,1-3H3,(H,17,22)(H2,18,19,21,23). The van der Waals surface area contributed by atoms with Crippen LogP contribution in [0.25, 0.3) is 0 Å². The van der Waals surface area contributed by atoms with E-state index in [2.05, 4.69) is 16.0 Å². The van der Waals surface area contributed by atoms with Gasteiger partial charge >= 0.3 is 6.03 Å². The van der Waals surface area contributed by atoms with Gasteiger partial charge in [-0.15, -0.1) is 0 Å². The van der Waals surface area contributed by atoms with E-state index in [0.29, 0.717) is 18.7 Å². The zero-order valence-electron chi connectivity index (χ0n) is 13.8. The van der Waals surface area contributed by atoms with Crippen molar-refractivity contribution in [3.8, 4) is 0 Å². The molecule has 0 heterocycles. The van der Waals surface area contributed by atoms with E-state index < -0.39 is 6.03 Å². The number of carbonyl (C=O) groups excluding carboxylic acids is 3. The third-order valence-corrected chi connectivity index (χ3v) is 3.10. The molecule has 0 spiro atoms. The number of imide groups is 1. The topological polar surface area (TPSA) is 90.5 Å². The predicted octanol–water partition coefficient (Wildman–Crippen LogP) is 0.714. The minimum Gasteiger partial charge on any atom is -0.355 e. The van der Waals surface area contributed by atoms with E-state index >= 15 is 0 Å². The van der Waals surface area contributed by atoms with Crippen molar-refractivity contribution < 1.29 is 14.4 Å². The molecule has 1 rings (SSSR count). The highest BCUT2D eigenvalue weighted by atomic mass is 16.2. The maximum atomic E-state index is 11.7. The Labute approximate surface area is 136 Å². The zero-order chi connectivity index (χ0) is 17.2. The molecule has 0 radical (unpaired) electrons. The van der Waals surface area contributed by atoms with E-state index in [0.717, 1.165) is 12.0 Å². The summed E-state index contributed by atoms with van der Waals surface area (Å²) < 4.78 is 0. The molecule has 126 valence electrons. The molecular weight excluding hydrogens is 296 g/mol. The fourth-order valence-corrected chi connectivity index (χ4v) is 1.97. The second kappa shape index (κ2) is 9.58. The summed E-state index contributed by atoms with van der Waals surface area (Å²) in [6, 6.07) is 6.68. The molecule has 0 saturated carbocycles. The number of urea groups is 1. The molecule has 7 nitrogen and oxygen atoms in total. The highest BCUT2D eigenvalue weighted by Crippen LogP contribution is 2.06. The summed E-state index contributed by atoms with van der Waals surface area (Å²) in [6.45, 7) is 3.12. The molecule has 0 unspecified atom stereocenters. The fourth-order valence-electron chi connectivity index (χ4n) is 1.97. The molecule has 1 aromatic carbocycles. The van der Waals surface area contributed by atoms with E-state index in [1.54, 1.807) is 31.1 Å². The first kappa shape index (κ1) is 18.6. The van der Waals surface area contributed by atoms with Gasteiger partial charge in [-0.1, -0.05) is 19.1 Å². The van der Waals surface area contributed by atoms with Crippen LogP contribution in [0.1, 0.15) is 29.3 Å². The molecule has 0 bridgehead atoms. The van der Waals surface area contributed by atoms with Crippen LogP contribution < -0.4 is 16.0 Å². The minimum absolute atomic E-state index is 0.108. The van der Waals surface area contributed by atoms with Crippen LogP contribution in [0.3, 0.4) is 0 Å². The lowest BCUT2D eigenvalue weighted by Gasteiger charge is -2.16. The van der Waals surface area contributed by atoms with Gasteiger partial charge in [0.15, 0.2) is 0 Å². The van der Waals surface area contributed by atoms with E-state index in [9.17, 15) is 14.4 Å². The molecule has 1 aromatic rings. The molecule has 7 heteroatoms. The monoisotopic (exact) mass is 320 g/mol. The molecule has 3 N–H and O–H groups in total. The molecule has 0 aromatic heterocycles. The number of nitrogens with zero attached hydrogens (tertiary/aromatic N) is 1. The summed E-state index contributed by atoms with van der Waals surface area (Å²) >= 11 is 0. The van der Waals surface area contributed by atoms with Crippen molar-refractivity contribution in [3.63, 3.8) is 0 Å². The number of carbonyl (C=O) groups is 3. The van der Waals surface area contributed by atoms with Crippen molar-refractivity contribution in [1.82, 2.24) is 20.9 Å². The summed E-state index contributed by atoms with van der Waals surface area (Å²) in [4.78, 5) is 36.4. The van der Waals surface area contributed by atoms with Crippen LogP contribution in [0.2, 0.25) is 0 Å². The average Bonchev–Trinajstić information content (AvgIpc) is 2.52. The summed E-state index contributed by atoms with van der Waals surface area (Å²) in [5.41, 5.74) is 1.56. The molecule has 0 fully saturated rings. The molecule has 0 atom stereocenters. The van der Waals surface area contributed by atoms with Gasteiger partial charge in [0.1, 0.15) is 0 Å². The number of rotatable bonds is 7. The van der Waals surface area contributed by atoms with Gasteiger partial charge in [0.2, 0.25) is 5.91 Å². The van der Waals surface area contributed by atoms with Gasteiger partial charge < -0.3 is 10.6 Å². The van der Waals surface area contributed by atoms with Crippen molar-refractivity contribution in [1.29, 1.82) is 0 Å². The molecule has 23 heavy (non-hydrogen) atoms. The Bertz CT molecular complexity index is 543. The van der Waals surface area contributed by atoms with Gasteiger partial charge in [-0.25, -0.2) is 4.79 Å². The average molecular weight is 320 g/mol. The number of hydrogen-bond acceptors (Lipinski definition) is 4. The Kier molecular flexibility index (Phi) is 7.76. The van der Waals surface area contributed by atoms with Gasteiger partial charge in [-0.2, -0.15) is 0 Å². The van der Waals surface area contributed by atoms with Crippen LogP contribution in [-0.4, -0.2) is 49.9 Å². The minimum atomic E-state index is -0.472. The Hall–Kier alpha value is -2.41. The van der Waals surface area contributed by atoms with E-state index in [4.69, 9.17) is 0 Å². The predicted molar refractivity (Wildman–Crippen MR) is 88.0 cm³/mol. The Morgan fingerprint density at radius 3 is 2.35 bits per heavy atom. The lowest BCUT2D eigenvalue weighted by atomic mass is 10.1. The van der Waals surface area contributed by atoms with Crippen LogP contribution >= 0.6 is 0 Å². The van der Waals surface area contributed by atoms with Gasteiger partial charge in [-0.3, -0.25) is 19.8 Å². The highest BCUT2D eigenvalue weighted by molar-refractivity contribution is 5.95. The number of likely N-dealkylation sites (N-methyl/N-ethyl adjacent to an activating group) is 1. The molecule has 0 aliphatic rings. The normalized spacial score (nSPS) is 10.3. The summed E-state index contributed by atoms with van der Waals surface area (Å²) in [7, 11) is 3.37. The summed E-state index contributed by atoms with van der Waals surface area (Å²) in [5, 5.41) is 7.42. The Morgan fingerprint density at radius 1 is 1.13 bits per heavy atom. The second-order valence-corrected chi connectivity index (χ2v) is 5.25. The molecular formula is C16H24N4O3. The van der Waals surface area contributed by atoms with Crippen molar-refractivity contribution >= 4 is 17.8 Å². The van der Waals surface area contributed by atoms with Gasteiger partial charge in [0, 0.05) is 25.7 Å². The summed E-state index contributed by atoms with van der Waals surface area (Å²) in [5.74, 6) is -0.495. The number of amides is 4. The first-order valence-corrected chi connectivity index (χ1v) is 7.53. The molecule has 0 aliphatic carbocycles. The number of nitrogens with one attached hydrogen (secondary N) is 3. The number of hydrogen-bond donors (Lipinski definition) is 3. The second-order valence-electron chi connectivity index (χ2n) is 5.25. The van der Waals surface area contributed by atoms with Crippen LogP contribution in [-0.2, 0) is 11.3 Å². The SMILES string of the molecule is CCCNC(=O)NC(=O)CN(C)Cc1ccc(C(=O)NC)cc1. The zero-order valence-corrected chi connectivity index (χ0v) is 13.8. The van der Waals surface area contributed by atoms with Crippen molar-refractivity contribution in [2.24, 2.45) is 0 Å². The van der Waals surface area contributed by atoms with E-state index in [1.165, 1.54) is 0 Å². The lowest BCUT2D eigenvalue weighted by Crippen LogP contribution is -2.43. The highest BCUT2D eigenvalue weighted by Gasteiger charge is 2.10. The maximum Gasteiger partial charge on any atom is 0.321 e. The van der Waals surface area contributed by atoms with Crippen LogP contribution in [0.5, 0.6) is 0 Å². The van der Waals surface area contributed by atoms with Gasteiger partial charge in [-0.05, 0) is 31.2 Å². The number of benzene rings is 1. The largest absolute Gasteiger partial charge is 0.355 e. The van der Waals surface area contributed by atoms with Gasteiger partial charge in [0.25, 0.3) is 5.91 Å². The quantitative estimate of drug-likeness (QED) is 0.690.